The fraction of sp³-hybridized carbons (Fsp3) is 0.471. The van der Waals surface area contributed by atoms with E-state index < -0.39 is 0 Å². The van der Waals surface area contributed by atoms with E-state index in [1.54, 1.807) is 6.07 Å². The minimum absolute atomic E-state index is 0.274. The first-order valence-electron chi connectivity index (χ1n) is 8.29. The molecule has 0 aliphatic carbocycles. The lowest BCUT2D eigenvalue weighted by Crippen LogP contribution is -2.15. The molecule has 0 atom stereocenters. The maximum absolute atomic E-state index is 11.0. The Kier molecular flexibility index (Phi) is 7.58. The van der Waals surface area contributed by atoms with E-state index in [1.165, 1.54) is 11.8 Å². The molecule has 6 nitrogen and oxygen atoms in total. The van der Waals surface area contributed by atoms with Crippen molar-refractivity contribution in [2.45, 2.75) is 50.9 Å². The summed E-state index contributed by atoms with van der Waals surface area (Å²) in [5.41, 5.74) is 5.21. The number of carbonyl (C=O) groups is 1. The van der Waals surface area contributed by atoms with Gasteiger partial charge in [0.15, 0.2) is 11.0 Å². The van der Waals surface area contributed by atoms with Gasteiger partial charge in [0, 0.05) is 18.2 Å². The SMILES string of the molecule is CCC(CC)n1c(COc2ccccc2Cl)nnc1SCCC(N)=O. The number of hydrogen-bond acceptors (Lipinski definition) is 5. The van der Waals surface area contributed by atoms with E-state index in [4.69, 9.17) is 22.1 Å². The molecule has 0 unspecified atom stereocenters. The smallest absolute Gasteiger partial charge is 0.218 e. The number of ether oxygens (including phenoxy) is 1. The quantitative estimate of drug-likeness (QED) is 0.631. The van der Waals surface area contributed by atoms with Gasteiger partial charge in [-0.15, -0.1) is 10.2 Å². The number of benzene rings is 1. The van der Waals surface area contributed by atoms with E-state index >= 15 is 0 Å². The second-order valence-corrected chi connectivity index (χ2v) is 6.99. The Morgan fingerprint density at radius 3 is 2.68 bits per heavy atom. The van der Waals surface area contributed by atoms with E-state index in [1.807, 2.05) is 18.2 Å². The zero-order valence-corrected chi connectivity index (χ0v) is 16.0. The van der Waals surface area contributed by atoms with Gasteiger partial charge in [0.05, 0.1) is 5.02 Å². The van der Waals surface area contributed by atoms with Gasteiger partial charge in [-0.25, -0.2) is 0 Å². The topological polar surface area (TPSA) is 83.0 Å². The first kappa shape index (κ1) is 19.6. The number of amides is 1. The zero-order chi connectivity index (χ0) is 18.2. The third kappa shape index (κ3) is 5.37. The molecule has 1 aromatic heterocycles. The molecule has 0 fully saturated rings. The maximum atomic E-state index is 11.0. The van der Waals surface area contributed by atoms with Crippen LogP contribution in [0.3, 0.4) is 0 Å². The standard InChI is InChI=1S/C17H23ClN4O2S/c1-3-12(4-2)22-16(11-24-14-8-6-5-7-13(14)18)20-21-17(22)25-10-9-15(19)23/h5-8,12H,3-4,9-11H2,1-2H3,(H2,19,23). The van der Waals surface area contributed by atoms with Crippen molar-refractivity contribution < 1.29 is 9.53 Å². The number of primary amides is 1. The van der Waals surface area contributed by atoms with E-state index in [9.17, 15) is 4.79 Å². The highest BCUT2D eigenvalue weighted by molar-refractivity contribution is 7.99. The number of nitrogens with two attached hydrogens (primary N) is 1. The lowest BCUT2D eigenvalue weighted by Gasteiger charge is -2.19. The van der Waals surface area contributed by atoms with E-state index in [-0.39, 0.29) is 18.6 Å². The molecule has 2 rings (SSSR count). The number of rotatable bonds is 10. The summed E-state index contributed by atoms with van der Waals surface area (Å²) < 4.78 is 7.92. The first-order valence-corrected chi connectivity index (χ1v) is 9.65. The van der Waals surface area contributed by atoms with Gasteiger partial charge in [-0.2, -0.15) is 0 Å². The van der Waals surface area contributed by atoms with Crippen molar-refractivity contribution in [1.29, 1.82) is 0 Å². The highest BCUT2D eigenvalue weighted by atomic mass is 35.5. The van der Waals surface area contributed by atoms with Gasteiger partial charge in [0.25, 0.3) is 0 Å². The van der Waals surface area contributed by atoms with E-state index in [2.05, 4.69) is 28.6 Å². The summed E-state index contributed by atoms with van der Waals surface area (Å²) in [6.07, 6.45) is 2.22. The van der Waals surface area contributed by atoms with Gasteiger partial charge in [-0.1, -0.05) is 49.3 Å². The average Bonchev–Trinajstić information content (AvgIpc) is 2.98. The molecule has 0 aliphatic heterocycles. The number of aromatic nitrogens is 3. The predicted molar refractivity (Wildman–Crippen MR) is 100.0 cm³/mol. The van der Waals surface area contributed by atoms with Crippen LogP contribution < -0.4 is 10.5 Å². The summed E-state index contributed by atoms with van der Waals surface area (Å²) in [5.74, 6) is 1.63. The number of para-hydroxylation sites is 1. The molecule has 0 bridgehead atoms. The summed E-state index contributed by atoms with van der Waals surface area (Å²) >= 11 is 7.62. The van der Waals surface area contributed by atoms with Crippen molar-refractivity contribution in [3.8, 4) is 5.75 Å². The van der Waals surface area contributed by atoms with E-state index in [0.29, 0.717) is 22.9 Å². The van der Waals surface area contributed by atoms with Crippen LogP contribution in [0.4, 0.5) is 0 Å². The molecule has 1 amide bonds. The molecule has 8 heteroatoms. The Balaban J connectivity index is 2.17. The average molecular weight is 383 g/mol. The molecule has 0 saturated heterocycles. The van der Waals surface area contributed by atoms with Crippen LogP contribution in [-0.2, 0) is 11.4 Å². The number of hydrogen-bond donors (Lipinski definition) is 1. The number of nitrogens with zero attached hydrogens (tertiary/aromatic N) is 3. The van der Waals surface area contributed by atoms with Crippen molar-refractivity contribution >= 4 is 29.3 Å². The van der Waals surface area contributed by atoms with Crippen molar-refractivity contribution in [2.24, 2.45) is 5.73 Å². The monoisotopic (exact) mass is 382 g/mol. The molecular formula is C17H23ClN4O2S. The molecule has 0 aliphatic rings. The molecule has 136 valence electrons. The predicted octanol–water partition coefficient (Wildman–Crippen LogP) is 3.84. The third-order valence-electron chi connectivity index (χ3n) is 3.82. The number of thioether (sulfide) groups is 1. The zero-order valence-electron chi connectivity index (χ0n) is 14.4. The second-order valence-electron chi connectivity index (χ2n) is 5.52. The first-order chi connectivity index (χ1) is 12.1. The van der Waals surface area contributed by atoms with Crippen molar-refractivity contribution in [1.82, 2.24) is 14.8 Å². The Hall–Kier alpha value is -1.73. The molecule has 2 N–H and O–H groups in total. The van der Waals surface area contributed by atoms with Crippen molar-refractivity contribution in [3.05, 3.63) is 35.1 Å². The normalized spacial score (nSPS) is 11.0. The Morgan fingerprint density at radius 2 is 2.04 bits per heavy atom. The van der Waals surface area contributed by atoms with Gasteiger partial charge < -0.3 is 15.0 Å². The fourth-order valence-corrected chi connectivity index (χ4v) is 3.64. The summed E-state index contributed by atoms with van der Waals surface area (Å²) in [5, 5.41) is 9.91. The van der Waals surface area contributed by atoms with Crippen LogP contribution >= 0.6 is 23.4 Å². The third-order valence-corrected chi connectivity index (χ3v) is 5.07. The number of halogens is 1. The van der Waals surface area contributed by atoms with Crippen LogP contribution in [0.5, 0.6) is 5.75 Å². The van der Waals surface area contributed by atoms with Crippen molar-refractivity contribution in [3.63, 3.8) is 0 Å². The number of carbonyl (C=O) groups excluding carboxylic acids is 1. The largest absolute Gasteiger partial charge is 0.484 e. The second kappa shape index (κ2) is 9.68. The molecule has 0 saturated carbocycles. The van der Waals surface area contributed by atoms with Gasteiger partial charge in [-0.3, -0.25) is 4.79 Å². The molecule has 1 heterocycles. The van der Waals surface area contributed by atoms with E-state index in [0.717, 1.165) is 23.8 Å². The Morgan fingerprint density at radius 1 is 1.32 bits per heavy atom. The van der Waals surface area contributed by atoms with Crippen molar-refractivity contribution in [2.75, 3.05) is 5.75 Å². The molecular weight excluding hydrogens is 360 g/mol. The Bertz CT molecular complexity index is 704. The van der Waals surface area contributed by atoms with Gasteiger partial charge in [0.1, 0.15) is 12.4 Å². The minimum Gasteiger partial charge on any atom is -0.484 e. The lowest BCUT2D eigenvalue weighted by atomic mass is 10.2. The van der Waals surface area contributed by atoms with Crippen LogP contribution in [0.1, 0.15) is 45.0 Å². The summed E-state index contributed by atoms with van der Waals surface area (Å²) in [6.45, 7) is 4.54. The molecule has 0 spiro atoms. The Labute approximate surface area is 157 Å². The van der Waals surface area contributed by atoms with Crippen LogP contribution in [-0.4, -0.2) is 26.4 Å². The van der Waals surface area contributed by atoms with Crippen LogP contribution in [0, 0.1) is 0 Å². The molecule has 1 aromatic carbocycles. The summed E-state index contributed by atoms with van der Waals surface area (Å²) in [6, 6.07) is 7.61. The summed E-state index contributed by atoms with van der Waals surface area (Å²) in [4.78, 5) is 11.0. The molecule has 0 radical (unpaired) electrons. The summed E-state index contributed by atoms with van der Waals surface area (Å²) in [7, 11) is 0. The highest BCUT2D eigenvalue weighted by Gasteiger charge is 2.19. The molecule has 25 heavy (non-hydrogen) atoms. The highest BCUT2D eigenvalue weighted by Crippen LogP contribution is 2.28. The van der Waals surface area contributed by atoms with Crippen LogP contribution in [0.25, 0.3) is 0 Å². The maximum Gasteiger partial charge on any atom is 0.218 e. The van der Waals surface area contributed by atoms with Gasteiger partial charge in [-0.05, 0) is 25.0 Å². The minimum atomic E-state index is -0.316. The molecule has 2 aromatic rings. The van der Waals surface area contributed by atoms with Gasteiger partial charge >= 0.3 is 0 Å². The lowest BCUT2D eigenvalue weighted by molar-refractivity contribution is -0.117. The van der Waals surface area contributed by atoms with Gasteiger partial charge in [0.2, 0.25) is 5.91 Å². The van der Waals surface area contributed by atoms with Crippen LogP contribution in [0.15, 0.2) is 29.4 Å². The fourth-order valence-electron chi connectivity index (χ4n) is 2.47. The van der Waals surface area contributed by atoms with Crippen LogP contribution in [0.2, 0.25) is 5.02 Å².